The van der Waals surface area contributed by atoms with E-state index in [1.165, 1.54) is 6.07 Å². The van der Waals surface area contributed by atoms with Gasteiger partial charge in [0.2, 0.25) is 0 Å². The molecule has 0 bridgehead atoms. The highest BCUT2D eigenvalue weighted by molar-refractivity contribution is 6.04. The second kappa shape index (κ2) is 8.63. The predicted octanol–water partition coefficient (Wildman–Crippen LogP) is 3.54. The van der Waals surface area contributed by atoms with Crippen molar-refractivity contribution >= 4 is 23.3 Å². The average molecular weight is 346 g/mol. The van der Waals surface area contributed by atoms with Crippen molar-refractivity contribution in [3.63, 3.8) is 0 Å². The molecule has 6 nitrogen and oxygen atoms in total. The number of likely N-dealkylation sites (N-methyl/N-ethyl adjacent to an activating group) is 1. The molecule has 0 aromatic heterocycles. The standard InChI is InChI=1S/C19H27N3O3/c1-8-16(22(6,7)9-2)18(23)21-17-13(4)11-14(20-5)12-15(17)19(24)25-10-3/h11-12,16H,8-10H2,1-4,6-7H3/p+1. The Morgan fingerprint density at radius 1 is 1.28 bits per heavy atom. The number of esters is 1. The van der Waals surface area contributed by atoms with Gasteiger partial charge < -0.3 is 14.5 Å². The lowest BCUT2D eigenvalue weighted by Crippen LogP contribution is -2.54. The number of anilines is 1. The van der Waals surface area contributed by atoms with Crippen molar-refractivity contribution in [2.24, 2.45) is 0 Å². The van der Waals surface area contributed by atoms with Crippen molar-refractivity contribution in [3.05, 3.63) is 34.7 Å². The topological polar surface area (TPSA) is 59.8 Å². The lowest BCUT2D eigenvalue weighted by molar-refractivity contribution is -0.904. The monoisotopic (exact) mass is 346 g/mol. The molecule has 1 amide bonds. The number of carbonyl (C=O) groups excluding carboxylic acids is 2. The number of benzene rings is 1. The summed E-state index contributed by atoms with van der Waals surface area (Å²) in [6.45, 7) is 15.7. The van der Waals surface area contributed by atoms with Crippen LogP contribution in [0.3, 0.4) is 0 Å². The Balaban J connectivity index is 3.30. The van der Waals surface area contributed by atoms with E-state index in [9.17, 15) is 9.59 Å². The van der Waals surface area contributed by atoms with Crippen LogP contribution in [0.5, 0.6) is 0 Å². The van der Waals surface area contributed by atoms with Gasteiger partial charge in [0.15, 0.2) is 11.7 Å². The smallest absolute Gasteiger partial charge is 0.338 e. The number of hydrogen-bond donors (Lipinski definition) is 1. The van der Waals surface area contributed by atoms with Gasteiger partial charge in [-0.05, 0) is 32.4 Å². The van der Waals surface area contributed by atoms with Crippen molar-refractivity contribution in [2.45, 2.75) is 40.2 Å². The van der Waals surface area contributed by atoms with Gasteiger partial charge in [-0.3, -0.25) is 4.79 Å². The van der Waals surface area contributed by atoms with Crippen molar-refractivity contribution in [1.29, 1.82) is 0 Å². The molecule has 0 spiro atoms. The van der Waals surface area contributed by atoms with E-state index in [4.69, 9.17) is 11.3 Å². The SMILES string of the molecule is [C-]#[N+]c1cc(C)c(NC(=O)C(CC)[N+](C)(C)CC)c(C(=O)OCC)c1. The second-order valence-corrected chi connectivity index (χ2v) is 6.53. The maximum atomic E-state index is 12.8. The van der Waals surface area contributed by atoms with E-state index < -0.39 is 5.97 Å². The van der Waals surface area contributed by atoms with Crippen LogP contribution in [0.1, 0.15) is 43.1 Å². The van der Waals surface area contributed by atoms with Crippen LogP contribution in [-0.4, -0.2) is 49.6 Å². The Labute approximate surface area is 150 Å². The van der Waals surface area contributed by atoms with Gasteiger partial charge in [0.1, 0.15) is 0 Å². The summed E-state index contributed by atoms with van der Waals surface area (Å²) in [7, 11) is 4.02. The molecule has 1 atom stereocenters. The van der Waals surface area contributed by atoms with Gasteiger partial charge in [0.25, 0.3) is 5.91 Å². The molecule has 0 fully saturated rings. The Morgan fingerprint density at radius 3 is 2.40 bits per heavy atom. The first-order chi connectivity index (χ1) is 11.7. The molecule has 0 aliphatic heterocycles. The first-order valence-corrected chi connectivity index (χ1v) is 8.54. The van der Waals surface area contributed by atoms with Crippen LogP contribution in [-0.2, 0) is 9.53 Å². The van der Waals surface area contributed by atoms with Crippen LogP contribution in [0.25, 0.3) is 4.85 Å². The molecule has 1 aromatic carbocycles. The molecule has 136 valence electrons. The van der Waals surface area contributed by atoms with Crippen molar-refractivity contribution in [1.82, 2.24) is 0 Å². The van der Waals surface area contributed by atoms with Crippen LogP contribution in [0.2, 0.25) is 0 Å². The number of hydrogen-bond acceptors (Lipinski definition) is 3. The van der Waals surface area contributed by atoms with Crippen LogP contribution < -0.4 is 5.32 Å². The quantitative estimate of drug-likeness (QED) is 0.467. The number of nitrogens with one attached hydrogen (secondary N) is 1. The summed E-state index contributed by atoms with van der Waals surface area (Å²) < 4.78 is 5.63. The average Bonchev–Trinajstić information content (AvgIpc) is 2.56. The summed E-state index contributed by atoms with van der Waals surface area (Å²) in [5.41, 5.74) is 1.65. The van der Waals surface area contributed by atoms with Gasteiger partial charge in [0.05, 0.1) is 45.1 Å². The Hall–Kier alpha value is -2.39. The van der Waals surface area contributed by atoms with Crippen LogP contribution in [0, 0.1) is 13.5 Å². The first kappa shape index (κ1) is 20.7. The fourth-order valence-corrected chi connectivity index (χ4v) is 2.79. The normalized spacial score (nSPS) is 12.2. The number of ether oxygens (including phenoxy) is 1. The fraction of sp³-hybridized carbons (Fsp3) is 0.526. The highest BCUT2D eigenvalue weighted by Crippen LogP contribution is 2.29. The molecule has 0 heterocycles. The molecule has 1 N–H and O–H groups in total. The molecular weight excluding hydrogens is 318 g/mol. The maximum absolute atomic E-state index is 12.8. The Kier molecular flexibility index (Phi) is 7.13. The lowest BCUT2D eigenvalue weighted by Gasteiger charge is -2.35. The fourth-order valence-electron chi connectivity index (χ4n) is 2.79. The van der Waals surface area contributed by atoms with Crippen molar-refractivity contribution in [3.8, 4) is 0 Å². The van der Waals surface area contributed by atoms with E-state index >= 15 is 0 Å². The number of amides is 1. The lowest BCUT2D eigenvalue weighted by atomic mass is 10.0. The van der Waals surface area contributed by atoms with E-state index in [2.05, 4.69) is 10.2 Å². The Morgan fingerprint density at radius 2 is 1.92 bits per heavy atom. The minimum atomic E-state index is -0.538. The number of aryl methyl sites for hydroxylation is 1. The number of rotatable bonds is 7. The molecule has 25 heavy (non-hydrogen) atoms. The van der Waals surface area contributed by atoms with Crippen molar-refractivity contribution < 1.29 is 18.8 Å². The maximum Gasteiger partial charge on any atom is 0.338 e. The zero-order valence-electron chi connectivity index (χ0n) is 16.0. The van der Waals surface area contributed by atoms with Crippen LogP contribution >= 0.6 is 0 Å². The van der Waals surface area contributed by atoms with E-state index in [1.807, 2.05) is 27.9 Å². The van der Waals surface area contributed by atoms with Crippen LogP contribution in [0.4, 0.5) is 11.4 Å². The van der Waals surface area contributed by atoms with E-state index in [0.29, 0.717) is 27.8 Å². The van der Waals surface area contributed by atoms with Gasteiger partial charge in [-0.25, -0.2) is 9.64 Å². The second-order valence-electron chi connectivity index (χ2n) is 6.53. The summed E-state index contributed by atoms with van der Waals surface area (Å²) >= 11 is 0. The molecule has 0 aliphatic rings. The van der Waals surface area contributed by atoms with E-state index in [1.54, 1.807) is 19.9 Å². The summed E-state index contributed by atoms with van der Waals surface area (Å²) in [6.07, 6.45) is 0.681. The molecule has 1 rings (SSSR count). The minimum absolute atomic E-state index is 0.140. The highest BCUT2D eigenvalue weighted by Gasteiger charge is 2.33. The van der Waals surface area contributed by atoms with Gasteiger partial charge in [-0.15, -0.1) is 0 Å². The van der Waals surface area contributed by atoms with Gasteiger partial charge in [-0.2, -0.15) is 0 Å². The van der Waals surface area contributed by atoms with E-state index in [0.717, 1.165) is 6.54 Å². The molecule has 0 aliphatic carbocycles. The van der Waals surface area contributed by atoms with Crippen LogP contribution in [0.15, 0.2) is 12.1 Å². The van der Waals surface area contributed by atoms with Crippen molar-refractivity contribution in [2.75, 3.05) is 32.6 Å². The summed E-state index contributed by atoms with van der Waals surface area (Å²) in [6, 6.07) is 2.89. The summed E-state index contributed by atoms with van der Waals surface area (Å²) in [5.74, 6) is -0.678. The summed E-state index contributed by atoms with van der Waals surface area (Å²) in [5, 5.41) is 2.90. The molecule has 0 radical (unpaired) electrons. The van der Waals surface area contributed by atoms with E-state index in [-0.39, 0.29) is 24.1 Å². The number of carbonyl (C=O) groups is 2. The molecule has 1 aromatic rings. The van der Waals surface area contributed by atoms with Gasteiger partial charge in [0, 0.05) is 6.42 Å². The molecule has 1 unspecified atom stereocenters. The third kappa shape index (κ3) is 4.80. The third-order valence-corrected chi connectivity index (χ3v) is 4.54. The minimum Gasteiger partial charge on any atom is -0.462 e. The zero-order valence-corrected chi connectivity index (χ0v) is 16.0. The predicted molar refractivity (Wildman–Crippen MR) is 98.8 cm³/mol. The molecule has 6 heteroatoms. The van der Waals surface area contributed by atoms with Gasteiger partial charge in [-0.1, -0.05) is 13.0 Å². The third-order valence-electron chi connectivity index (χ3n) is 4.54. The highest BCUT2D eigenvalue weighted by atomic mass is 16.5. The first-order valence-electron chi connectivity index (χ1n) is 8.54. The molecular formula is C19H28N3O3+. The zero-order chi connectivity index (χ0) is 19.2. The Bertz CT molecular complexity index is 690. The number of nitrogens with zero attached hydrogens (tertiary/aromatic N) is 2. The number of quaternary nitrogens is 1. The largest absolute Gasteiger partial charge is 0.462 e. The van der Waals surface area contributed by atoms with Gasteiger partial charge >= 0.3 is 5.97 Å². The summed E-state index contributed by atoms with van der Waals surface area (Å²) in [4.78, 5) is 28.5. The molecule has 0 saturated heterocycles. The molecule has 0 saturated carbocycles.